The third-order valence-electron chi connectivity index (χ3n) is 3.36. The van der Waals surface area contributed by atoms with Crippen LogP contribution in [0.1, 0.15) is 24.8 Å². The van der Waals surface area contributed by atoms with Gasteiger partial charge < -0.3 is 10.1 Å². The van der Waals surface area contributed by atoms with Crippen molar-refractivity contribution in [1.29, 1.82) is 0 Å². The SMILES string of the molecule is CCC(C(=O)Nc1cc(OC)ccc1Br)c1ccccc1. The molecule has 1 unspecified atom stereocenters. The third-order valence-corrected chi connectivity index (χ3v) is 4.05. The Bertz CT molecular complexity index is 613. The molecule has 0 aromatic heterocycles. The lowest BCUT2D eigenvalue weighted by atomic mass is 9.95. The van der Waals surface area contributed by atoms with Crippen molar-refractivity contribution in [3.05, 3.63) is 58.6 Å². The molecule has 0 aliphatic carbocycles. The van der Waals surface area contributed by atoms with Gasteiger partial charge in [0.25, 0.3) is 0 Å². The largest absolute Gasteiger partial charge is 0.497 e. The van der Waals surface area contributed by atoms with E-state index in [4.69, 9.17) is 4.74 Å². The molecule has 110 valence electrons. The predicted octanol–water partition coefficient (Wildman–Crippen LogP) is 4.59. The predicted molar refractivity (Wildman–Crippen MR) is 88.8 cm³/mol. The molecule has 0 radical (unpaired) electrons. The summed E-state index contributed by atoms with van der Waals surface area (Å²) in [6, 6.07) is 15.3. The summed E-state index contributed by atoms with van der Waals surface area (Å²) >= 11 is 3.45. The van der Waals surface area contributed by atoms with E-state index in [1.807, 2.05) is 49.4 Å². The van der Waals surface area contributed by atoms with Crippen molar-refractivity contribution in [3.63, 3.8) is 0 Å². The van der Waals surface area contributed by atoms with Gasteiger partial charge in [0, 0.05) is 10.5 Å². The van der Waals surface area contributed by atoms with E-state index in [-0.39, 0.29) is 11.8 Å². The van der Waals surface area contributed by atoms with E-state index < -0.39 is 0 Å². The number of rotatable bonds is 5. The van der Waals surface area contributed by atoms with Crippen LogP contribution in [0.2, 0.25) is 0 Å². The summed E-state index contributed by atoms with van der Waals surface area (Å²) in [5.41, 5.74) is 1.74. The van der Waals surface area contributed by atoms with E-state index in [1.54, 1.807) is 13.2 Å². The summed E-state index contributed by atoms with van der Waals surface area (Å²) in [5, 5.41) is 2.97. The van der Waals surface area contributed by atoms with Crippen molar-refractivity contribution in [3.8, 4) is 5.75 Å². The summed E-state index contributed by atoms with van der Waals surface area (Å²) in [7, 11) is 1.60. The summed E-state index contributed by atoms with van der Waals surface area (Å²) in [6.45, 7) is 2.01. The number of carbonyl (C=O) groups is 1. The Labute approximate surface area is 133 Å². The maximum Gasteiger partial charge on any atom is 0.231 e. The van der Waals surface area contributed by atoms with Gasteiger partial charge in [-0.1, -0.05) is 37.3 Å². The molecule has 2 aromatic carbocycles. The van der Waals surface area contributed by atoms with Crippen molar-refractivity contribution in [1.82, 2.24) is 0 Å². The first-order valence-electron chi connectivity index (χ1n) is 6.85. The highest BCUT2D eigenvalue weighted by Crippen LogP contribution is 2.29. The van der Waals surface area contributed by atoms with E-state index in [9.17, 15) is 4.79 Å². The van der Waals surface area contributed by atoms with Crippen LogP contribution in [0.4, 0.5) is 5.69 Å². The second-order valence-electron chi connectivity index (χ2n) is 4.71. The molecule has 1 amide bonds. The minimum absolute atomic E-state index is 0.0161. The number of carbonyl (C=O) groups excluding carboxylic acids is 1. The monoisotopic (exact) mass is 347 g/mol. The van der Waals surface area contributed by atoms with Crippen molar-refractivity contribution in [2.75, 3.05) is 12.4 Å². The fraction of sp³-hybridized carbons (Fsp3) is 0.235. The average molecular weight is 348 g/mol. The molecule has 1 N–H and O–H groups in total. The van der Waals surface area contributed by atoms with Crippen molar-refractivity contribution < 1.29 is 9.53 Å². The van der Waals surface area contributed by atoms with Crippen LogP contribution in [-0.4, -0.2) is 13.0 Å². The fourth-order valence-electron chi connectivity index (χ4n) is 2.20. The van der Waals surface area contributed by atoms with Gasteiger partial charge in [-0.3, -0.25) is 4.79 Å². The van der Waals surface area contributed by atoms with Crippen LogP contribution >= 0.6 is 15.9 Å². The zero-order valence-corrected chi connectivity index (χ0v) is 13.7. The molecular weight excluding hydrogens is 330 g/mol. The van der Waals surface area contributed by atoms with Gasteiger partial charge in [-0.25, -0.2) is 0 Å². The lowest BCUT2D eigenvalue weighted by Crippen LogP contribution is -2.20. The minimum atomic E-state index is -0.163. The Balaban J connectivity index is 2.20. The Morgan fingerprint density at radius 1 is 1.24 bits per heavy atom. The molecule has 1 atom stereocenters. The van der Waals surface area contributed by atoms with Crippen LogP contribution in [0.5, 0.6) is 5.75 Å². The Kier molecular flexibility index (Phi) is 5.39. The lowest BCUT2D eigenvalue weighted by Gasteiger charge is -2.16. The van der Waals surface area contributed by atoms with Gasteiger partial charge in [0.05, 0.1) is 18.7 Å². The molecule has 0 aliphatic heterocycles. The van der Waals surface area contributed by atoms with Gasteiger partial charge in [0.15, 0.2) is 0 Å². The van der Waals surface area contributed by atoms with Crippen LogP contribution in [0.25, 0.3) is 0 Å². The number of ether oxygens (including phenoxy) is 1. The number of methoxy groups -OCH3 is 1. The Morgan fingerprint density at radius 2 is 1.95 bits per heavy atom. The first-order valence-corrected chi connectivity index (χ1v) is 7.64. The summed E-state index contributed by atoms with van der Waals surface area (Å²) in [4.78, 5) is 12.5. The second kappa shape index (κ2) is 7.27. The number of anilines is 1. The van der Waals surface area contributed by atoms with Gasteiger partial charge in [0.1, 0.15) is 5.75 Å². The van der Waals surface area contributed by atoms with Crippen LogP contribution in [-0.2, 0) is 4.79 Å². The quantitative estimate of drug-likeness (QED) is 0.858. The average Bonchev–Trinajstić information content (AvgIpc) is 2.51. The van der Waals surface area contributed by atoms with Gasteiger partial charge in [-0.05, 0) is 40.0 Å². The van der Waals surface area contributed by atoms with Crippen LogP contribution in [0.15, 0.2) is 53.0 Å². The first-order chi connectivity index (χ1) is 10.2. The molecule has 2 aromatic rings. The van der Waals surface area contributed by atoms with E-state index in [0.29, 0.717) is 11.4 Å². The van der Waals surface area contributed by atoms with Crippen molar-refractivity contribution in [2.45, 2.75) is 19.3 Å². The second-order valence-corrected chi connectivity index (χ2v) is 5.56. The molecule has 2 rings (SSSR count). The zero-order valence-electron chi connectivity index (χ0n) is 12.1. The smallest absolute Gasteiger partial charge is 0.231 e. The minimum Gasteiger partial charge on any atom is -0.497 e. The molecule has 0 saturated carbocycles. The van der Waals surface area contributed by atoms with E-state index in [1.165, 1.54) is 0 Å². The number of hydrogen-bond acceptors (Lipinski definition) is 2. The first kappa shape index (κ1) is 15.6. The van der Waals surface area contributed by atoms with Crippen LogP contribution in [0, 0.1) is 0 Å². The third kappa shape index (κ3) is 3.85. The van der Waals surface area contributed by atoms with Gasteiger partial charge >= 0.3 is 0 Å². The van der Waals surface area contributed by atoms with Crippen molar-refractivity contribution in [2.24, 2.45) is 0 Å². The van der Waals surface area contributed by atoms with Crippen molar-refractivity contribution >= 4 is 27.5 Å². The number of benzene rings is 2. The van der Waals surface area contributed by atoms with Crippen LogP contribution < -0.4 is 10.1 Å². The number of amides is 1. The van der Waals surface area contributed by atoms with Crippen LogP contribution in [0.3, 0.4) is 0 Å². The van der Waals surface area contributed by atoms with Gasteiger partial charge in [0.2, 0.25) is 5.91 Å². The molecule has 4 heteroatoms. The van der Waals surface area contributed by atoms with Gasteiger partial charge in [-0.15, -0.1) is 0 Å². The number of hydrogen-bond donors (Lipinski definition) is 1. The summed E-state index contributed by atoms with van der Waals surface area (Å²) in [5.74, 6) is 0.531. The lowest BCUT2D eigenvalue weighted by molar-refractivity contribution is -0.117. The zero-order chi connectivity index (χ0) is 15.2. The highest BCUT2D eigenvalue weighted by atomic mass is 79.9. The topological polar surface area (TPSA) is 38.3 Å². The molecule has 3 nitrogen and oxygen atoms in total. The van der Waals surface area contributed by atoms with E-state index in [2.05, 4.69) is 21.2 Å². The highest BCUT2D eigenvalue weighted by Gasteiger charge is 2.19. The van der Waals surface area contributed by atoms with E-state index in [0.717, 1.165) is 16.5 Å². The normalized spacial score (nSPS) is 11.8. The molecule has 0 aliphatic rings. The number of nitrogens with one attached hydrogen (secondary N) is 1. The van der Waals surface area contributed by atoms with E-state index >= 15 is 0 Å². The summed E-state index contributed by atoms with van der Waals surface area (Å²) < 4.78 is 6.02. The standard InChI is InChI=1S/C17H18BrNO2/c1-3-14(12-7-5-4-6-8-12)17(20)19-16-11-13(21-2)9-10-15(16)18/h4-11,14H,3H2,1-2H3,(H,19,20). The Hall–Kier alpha value is -1.81. The fourth-order valence-corrected chi connectivity index (χ4v) is 2.55. The highest BCUT2D eigenvalue weighted by molar-refractivity contribution is 9.10. The maximum atomic E-state index is 12.5. The molecule has 0 saturated heterocycles. The molecule has 21 heavy (non-hydrogen) atoms. The molecular formula is C17H18BrNO2. The maximum absolute atomic E-state index is 12.5. The molecule has 0 fully saturated rings. The molecule has 0 bridgehead atoms. The molecule has 0 spiro atoms. The summed E-state index contributed by atoms with van der Waals surface area (Å²) in [6.07, 6.45) is 0.747. The van der Waals surface area contributed by atoms with Gasteiger partial charge in [-0.2, -0.15) is 0 Å². The number of halogens is 1. The Morgan fingerprint density at radius 3 is 2.57 bits per heavy atom. The molecule has 0 heterocycles.